The topological polar surface area (TPSA) is 0 Å². The second-order valence-electron chi connectivity index (χ2n) is 2.84. The summed E-state index contributed by atoms with van der Waals surface area (Å²) in [5.74, 6) is 4.38. The lowest BCUT2D eigenvalue weighted by molar-refractivity contribution is 1.13. The average Bonchev–Trinajstić information content (AvgIpc) is 2.23. The molecule has 0 amide bonds. The molecule has 0 aliphatic heterocycles. The summed E-state index contributed by atoms with van der Waals surface area (Å²) in [5.41, 5.74) is 0. The van der Waals surface area contributed by atoms with Crippen LogP contribution in [0, 0.1) is 0 Å². The van der Waals surface area contributed by atoms with Gasteiger partial charge in [-0.15, -0.1) is 0 Å². The van der Waals surface area contributed by atoms with Gasteiger partial charge in [-0.3, -0.25) is 0 Å². The van der Waals surface area contributed by atoms with Gasteiger partial charge in [-0.25, -0.2) is 0 Å². The fourth-order valence-corrected chi connectivity index (χ4v) is 4.92. The van der Waals surface area contributed by atoms with Crippen LogP contribution in [0.1, 0.15) is 0 Å². The van der Waals surface area contributed by atoms with E-state index in [2.05, 4.69) is 50.5 Å². The smallest absolute Gasteiger partial charge is 0.0362 e. The first-order valence-corrected chi connectivity index (χ1v) is 10.3. The molecule has 0 radical (unpaired) electrons. The van der Waals surface area contributed by atoms with Gasteiger partial charge in [-0.05, 0) is 0 Å². The molecule has 92 valence electrons. The van der Waals surface area contributed by atoms with Crippen molar-refractivity contribution in [3.63, 3.8) is 0 Å². The molecular weight excluding hydrogens is 321 g/mol. The minimum Gasteiger partial charge on any atom is -0.174 e. The highest BCUT2D eigenvalue weighted by atomic mass is 32.2. The largest absolute Gasteiger partial charge is 0.174 e. The Hall–Kier alpha value is 2.45. The Morgan fingerprint density at radius 3 is 1.33 bits per heavy atom. The Balaban J connectivity index is 3.27. The Bertz CT molecular complexity index is 118. The van der Waals surface area contributed by atoms with Crippen LogP contribution in [0.3, 0.4) is 0 Å². The van der Waals surface area contributed by atoms with Gasteiger partial charge in [0, 0.05) is 43.7 Å². The fraction of sp³-hybridized carbons (Fsp3) is 1.00. The van der Waals surface area contributed by atoms with Gasteiger partial charge in [0.1, 0.15) is 0 Å². The SMILES string of the molecule is SCSCC(S)CSCC(S)CSCS. The van der Waals surface area contributed by atoms with Gasteiger partial charge in [0.15, 0.2) is 0 Å². The normalized spacial score (nSPS) is 15.2. The Kier molecular flexibility index (Phi) is 15.0. The minimum absolute atomic E-state index is 0.477. The maximum absolute atomic E-state index is 4.52. The van der Waals surface area contributed by atoms with Crippen molar-refractivity contribution >= 4 is 85.8 Å². The molecule has 0 heterocycles. The zero-order valence-corrected chi connectivity index (χ0v) is 14.4. The van der Waals surface area contributed by atoms with Gasteiger partial charge >= 0.3 is 0 Å². The second-order valence-corrected chi connectivity index (χ2v) is 8.93. The van der Waals surface area contributed by atoms with E-state index in [1.54, 1.807) is 0 Å². The highest BCUT2D eigenvalue weighted by molar-refractivity contribution is 8.10. The van der Waals surface area contributed by atoms with Crippen molar-refractivity contribution in [1.29, 1.82) is 0 Å². The molecule has 0 rings (SSSR count). The summed E-state index contributed by atoms with van der Waals surface area (Å²) >= 11 is 23.0. The number of rotatable bonds is 10. The molecule has 0 aromatic carbocycles. The molecule has 15 heavy (non-hydrogen) atoms. The van der Waals surface area contributed by atoms with Gasteiger partial charge in [0.25, 0.3) is 0 Å². The molecule has 0 aromatic heterocycles. The van der Waals surface area contributed by atoms with E-state index in [1.807, 2.05) is 35.3 Å². The van der Waals surface area contributed by atoms with Crippen molar-refractivity contribution in [2.75, 3.05) is 33.2 Å². The predicted octanol–water partition coefficient (Wildman–Crippen LogP) is 3.56. The summed E-state index contributed by atoms with van der Waals surface area (Å²) < 4.78 is 0. The van der Waals surface area contributed by atoms with E-state index in [0.29, 0.717) is 10.5 Å². The van der Waals surface area contributed by atoms with Crippen LogP contribution < -0.4 is 0 Å². The van der Waals surface area contributed by atoms with E-state index < -0.39 is 0 Å². The first-order chi connectivity index (χ1) is 7.20. The molecular formula is C8H18S7. The van der Waals surface area contributed by atoms with Crippen LogP contribution in [-0.4, -0.2) is 43.7 Å². The summed E-state index contributed by atoms with van der Waals surface area (Å²) in [6.45, 7) is 0. The van der Waals surface area contributed by atoms with Crippen molar-refractivity contribution < 1.29 is 0 Å². The number of thiol groups is 4. The lowest BCUT2D eigenvalue weighted by Crippen LogP contribution is -2.11. The van der Waals surface area contributed by atoms with Crippen LogP contribution >= 0.6 is 85.8 Å². The van der Waals surface area contributed by atoms with Crippen LogP contribution in [0.25, 0.3) is 0 Å². The minimum atomic E-state index is 0.477. The van der Waals surface area contributed by atoms with E-state index >= 15 is 0 Å². The quantitative estimate of drug-likeness (QED) is 0.355. The molecule has 2 unspecified atom stereocenters. The van der Waals surface area contributed by atoms with E-state index in [4.69, 9.17) is 0 Å². The van der Waals surface area contributed by atoms with Crippen molar-refractivity contribution in [3.8, 4) is 0 Å². The molecule has 0 bridgehead atoms. The molecule has 0 spiro atoms. The third-order valence-electron chi connectivity index (χ3n) is 1.42. The first-order valence-electron chi connectivity index (χ1n) is 4.51. The third kappa shape index (κ3) is 12.7. The summed E-state index contributed by atoms with van der Waals surface area (Å²) in [6.07, 6.45) is 0. The van der Waals surface area contributed by atoms with Crippen LogP contribution in [-0.2, 0) is 0 Å². The lowest BCUT2D eigenvalue weighted by Gasteiger charge is -2.12. The summed E-state index contributed by atoms with van der Waals surface area (Å²) in [7, 11) is 0. The molecule has 0 aliphatic rings. The van der Waals surface area contributed by atoms with Gasteiger partial charge < -0.3 is 0 Å². The van der Waals surface area contributed by atoms with E-state index in [9.17, 15) is 0 Å². The van der Waals surface area contributed by atoms with E-state index in [1.165, 1.54) is 0 Å². The van der Waals surface area contributed by atoms with Crippen molar-refractivity contribution in [1.82, 2.24) is 0 Å². The van der Waals surface area contributed by atoms with Crippen LogP contribution in [0.4, 0.5) is 0 Å². The van der Waals surface area contributed by atoms with E-state index in [-0.39, 0.29) is 0 Å². The van der Waals surface area contributed by atoms with Crippen molar-refractivity contribution in [2.24, 2.45) is 0 Å². The molecule has 7 heteroatoms. The summed E-state index contributed by atoms with van der Waals surface area (Å²) in [4.78, 5) is 0. The molecule has 2 atom stereocenters. The molecule has 0 aromatic rings. The standard InChI is InChI=1S/C8H18S7/c9-5-14-3-7(11)1-13-2-8(12)4-15-6-10/h7-12H,1-6H2. The lowest BCUT2D eigenvalue weighted by atomic mass is 10.5. The van der Waals surface area contributed by atoms with Gasteiger partial charge in [-0.1, -0.05) is 0 Å². The van der Waals surface area contributed by atoms with Crippen molar-refractivity contribution in [3.05, 3.63) is 0 Å². The first kappa shape index (κ1) is 17.4. The van der Waals surface area contributed by atoms with Crippen molar-refractivity contribution in [2.45, 2.75) is 10.5 Å². The van der Waals surface area contributed by atoms with Gasteiger partial charge in [-0.2, -0.15) is 85.8 Å². The maximum Gasteiger partial charge on any atom is 0.0362 e. The van der Waals surface area contributed by atoms with Crippen LogP contribution in [0.2, 0.25) is 0 Å². The average molecular weight is 339 g/mol. The Morgan fingerprint density at radius 2 is 1.00 bits per heavy atom. The number of hydrogen-bond acceptors (Lipinski definition) is 7. The molecule has 0 aliphatic carbocycles. The van der Waals surface area contributed by atoms with E-state index in [0.717, 1.165) is 33.2 Å². The molecule has 0 N–H and O–H groups in total. The van der Waals surface area contributed by atoms with Crippen LogP contribution in [0.5, 0.6) is 0 Å². The number of hydrogen-bond donors (Lipinski definition) is 4. The highest BCUT2D eigenvalue weighted by Crippen LogP contribution is 2.18. The zero-order chi connectivity index (χ0) is 11.5. The predicted molar refractivity (Wildman–Crippen MR) is 95.5 cm³/mol. The highest BCUT2D eigenvalue weighted by Gasteiger charge is 2.06. The Labute approximate surface area is 128 Å². The third-order valence-corrected chi connectivity index (χ3v) is 7.15. The molecule has 0 nitrogen and oxygen atoms in total. The monoisotopic (exact) mass is 338 g/mol. The zero-order valence-electron chi connectivity index (χ0n) is 8.41. The molecule has 0 saturated heterocycles. The fourth-order valence-electron chi connectivity index (χ4n) is 0.814. The van der Waals surface area contributed by atoms with Crippen LogP contribution in [0.15, 0.2) is 0 Å². The maximum atomic E-state index is 4.52. The molecule has 0 saturated carbocycles. The summed E-state index contributed by atoms with van der Waals surface area (Å²) in [6, 6.07) is 0. The number of thioether (sulfide) groups is 3. The molecule has 0 fully saturated rings. The Morgan fingerprint density at radius 1 is 0.667 bits per heavy atom. The second kappa shape index (κ2) is 12.9. The van der Waals surface area contributed by atoms with Gasteiger partial charge in [0.05, 0.1) is 0 Å². The van der Waals surface area contributed by atoms with Gasteiger partial charge in [0.2, 0.25) is 0 Å². The summed E-state index contributed by atoms with van der Waals surface area (Å²) in [5, 5.41) is 2.72.